The topological polar surface area (TPSA) is 102 Å². The van der Waals surface area contributed by atoms with Gasteiger partial charge in [0.1, 0.15) is 18.2 Å². The van der Waals surface area contributed by atoms with Gasteiger partial charge in [-0.3, -0.25) is 0 Å². The van der Waals surface area contributed by atoms with Crippen LogP contribution in [0.3, 0.4) is 0 Å². The first-order chi connectivity index (χ1) is 12.6. The van der Waals surface area contributed by atoms with Crippen LogP contribution in [-0.2, 0) is 20.0 Å². The predicted octanol–water partition coefficient (Wildman–Crippen LogP) is 3.24. The number of carboxylic acid groups (broad SMARTS) is 1. The summed E-state index contributed by atoms with van der Waals surface area (Å²) >= 11 is 1.41. The van der Waals surface area contributed by atoms with E-state index in [0.717, 1.165) is 5.56 Å². The number of rotatable bonds is 9. The van der Waals surface area contributed by atoms with Crippen LogP contribution in [0.25, 0.3) is 0 Å². The fourth-order valence-electron chi connectivity index (χ4n) is 1.90. The number of nitrogens with one attached hydrogen (secondary N) is 1. The number of carbonyl (C=O) groups excluding carboxylic acids is 2. The molecule has 148 valence electrons. The van der Waals surface area contributed by atoms with Crippen molar-refractivity contribution in [2.45, 2.75) is 38.2 Å². The number of thioether (sulfide) groups is 1. The van der Waals surface area contributed by atoms with Crippen LogP contribution >= 0.6 is 11.8 Å². The van der Waals surface area contributed by atoms with E-state index in [9.17, 15) is 14.4 Å². The Balaban J connectivity index is 2.64. The first-order valence-corrected chi connectivity index (χ1v) is 9.45. The normalized spacial score (nSPS) is 12.0. The number of carbonyl (C=O) groups is 3. The first-order valence-electron chi connectivity index (χ1n) is 8.29. The maximum absolute atomic E-state index is 12.1. The van der Waals surface area contributed by atoms with Gasteiger partial charge in [-0.15, -0.1) is 0 Å². The van der Waals surface area contributed by atoms with Crippen LogP contribution in [0.1, 0.15) is 36.7 Å². The molecule has 0 saturated carbocycles. The van der Waals surface area contributed by atoms with E-state index in [0.29, 0.717) is 5.75 Å². The monoisotopic (exact) mass is 395 g/mol. The van der Waals surface area contributed by atoms with Gasteiger partial charge < -0.3 is 19.9 Å². The van der Waals surface area contributed by atoms with Crippen molar-refractivity contribution in [1.82, 2.24) is 5.32 Å². The predicted molar refractivity (Wildman–Crippen MR) is 104 cm³/mol. The lowest BCUT2D eigenvalue weighted by molar-refractivity contribution is -0.144. The molecule has 0 fully saturated rings. The Morgan fingerprint density at radius 2 is 1.89 bits per heavy atom. The third-order valence-corrected chi connectivity index (χ3v) is 4.18. The van der Waals surface area contributed by atoms with Crippen LogP contribution in [0, 0.1) is 0 Å². The summed E-state index contributed by atoms with van der Waals surface area (Å²) in [6, 6.07) is 5.59. The molecule has 27 heavy (non-hydrogen) atoms. The zero-order chi connectivity index (χ0) is 20.4. The summed E-state index contributed by atoms with van der Waals surface area (Å²) in [7, 11) is 0. The Hall–Kier alpha value is -2.48. The van der Waals surface area contributed by atoms with Crippen LogP contribution in [0.4, 0.5) is 4.79 Å². The van der Waals surface area contributed by atoms with Crippen molar-refractivity contribution in [2.24, 2.45) is 0 Å². The van der Waals surface area contributed by atoms with E-state index in [4.69, 9.17) is 14.6 Å². The van der Waals surface area contributed by atoms with E-state index in [1.165, 1.54) is 30.0 Å². The minimum absolute atomic E-state index is 0.0483. The molecule has 0 bridgehead atoms. The molecule has 2 N–H and O–H groups in total. The molecule has 7 nitrogen and oxygen atoms in total. The summed E-state index contributed by atoms with van der Waals surface area (Å²) in [4.78, 5) is 35.0. The number of hydrogen-bond donors (Lipinski definition) is 2. The SMILES string of the molecule is C=CCOC(=O)[C@@H](CSCc1ccc(C(=O)O)cc1)NC(=O)OC(C)(C)C. The molecule has 0 radical (unpaired) electrons. The van der Waals surface area contributed by atoms with Gasteiger partial charge in [0.25, 0.3) is 0 Å². The van der Waals surface area contributed by atoms with Gasteiger partial charge in [0, 0.05) is 11.5 Å². The smallest absolute Gasteiger partial charge is 0.408 e. The van der Waals surface area contributed by atoms with E-state index in [1.54, 1.807) is 32.9 Å². The summed E-state index contributed by atoms with van der Waals surface area (Å²) in [5, 5.41) is 11.4. The number of carboxylic acids is 1. The molecule has 0 spiro atoms. The fraction of sp³-hybridized carbons (Fsp3) is 0.421. The van der Waals surface area contributed by atoms with Crippen molar-refractivity contribution in [3.05, 3.63) is 48.0 Å². The molecule has 0 aliphatic heterocycles. The third kappa shape index (κ3) is 9.14. The number of alkyl carbamates (subject to hydrolysis) is 1. The molecular weight excluding hydrogens is 370 g/mol. The lowest BCUT2D eigenvalue weighted by Gasteiger charge is -2.22. The zero-order valence-corrected chi connectivity index (χ0v) is 16.5. The third-order valence-electron chi connectivity index (χ3n) is 3.07. The van der Waals surface area contributed by atoms with Crippen LogP contribution in [0.2, 0.25) is 0 Å². The van der Waals surface area contributed by atoms with Crippen molar-refractivity contribution in [1.29, 1.82) is 0 Å². The summed E-state index contributed by atoms with van der Waals surface area (Å²) in [5.41, 5.74) is 0.431. The second kappa shape index (κ2) is 10.6. The Morgan fingerprint density at radius 1 is 1.26 bits per heavy atom. The molecule has 0 unspecified atom stereocenters. The average Bonchev–Trinajstić information content (AvgIpc) is 2.57. The maximum atomic E-state index is 12.1. The van der Waals surface area contributed by atoms with Crippen molar-refractivity contribution in [3.63, 3.8) is 0 Å². The van der Waals surface area contributed by atoms with Crippen molar-refractivity contribution in [2.75, 3.05) is 12.4 Å². The molecule has 1 atom stereocenters. The Kier molecular flexibility index (Phi) is 8.87. The highest BCUT2D eigenvalue weighted by atomic mass is 32.2. The fourth-order valence-corrected chi connectivity index (χ4v) is 2.90. The van der Waals surface area contributed by atoms with Gasteiger partial charge in [-0.1, -0.05) is 24.8 Å². The van der Waals surface area contributed by atoms with Gasteiger partial charge >= 0.3 is 18.0 Å². The van der Waals surface area contributed by atoms with Gasteiger partial charge in [-0.25, -0.2) is 14.4 Å². The summed E-state index contributed by atoms with van der Waals surface area (Å²) in [6.45, 7) is 8.72. The average molecular weight is 395 g/mol. The van der Waals surface area contributed by atoms with Crippen LogP contribution < -0.4 is 5.32 Å². The Bertz CT molecular complexity index is 666. The van der Waals surface area contributed by atoms with E-state index >= 15 is 0 Å². The molecule has 1 aromatic rings. The number of ether oxygens (including phenoxy) is 2. The number of amides is 1. The summed E-state index contributed by atoms with van der Waals surface area (Å²) in [6.07, 6.45) is 0.744. The van der Waals surface area contributed by atoms with Crippen molar-refractivity contribution in [3.8, 4) is 0 Å². The maximum Gasteiger partial charge on any atom is 0.408 e. The zero-order valence-electron chi connectivity index (χ0n) is 15.7. The second-order valence-electron chi connectivity index (χ2n) is 6.63. The molecule has 1 amide bonds. The number of esters is 1. The lowest BCUT2D eigenvalue weighted by Crippen LogP contribution is -2.45. The van der Waals surface area contributed by atoms with Crippen LogP contribution in [0.5, 0.6) is 0 Å². The van der Waals surface area contributed by atoms with E-state index in [2.05, 4.69) is 11.9 Å². The number of benzene rings is 1. The first kappa shape index (κ1) is 22.6. The quantitative estimate of drug-likeness (QED) is 0.489. The Labute approximate surface area is 163 Å². The molecule has 0 heterocycles. The van der Waals surface area contributed by atoms with Gasteiger partial charge in [0.2, 0.25) is 0 Å². The standard InChI is InChI=1S/C19H25NO6S/c1-5-10-25-17(23)15(20-18(24)26-19(2,3)4)12-27-11-13-6-8-14(9-7-13)16(21)22/h5-9,15H,1,10-12H2,2-4H3,(H,20,24)(H,21,22)/t15-/m1/s1. The van der Waals surface area contributed by atoms with Crippen molar-refractivity contribution < 1.29 is 29.0 Å². The summed E-state index contributed by atoms with van der Waals surface area (Å²) in [5.74, 6) is -0.743. The molecule has 0 aliphatic carbocycles. The van der Waals surface area contributed by atoms with Crippen LogP contribution in [-0.4, -0.2) is 47.1 Å². The summed E-state index contributed by atoms with van der Waals surface area (Å²) < 4.78 is 10.2. The van der Waals surface area contributed by atoms with Gasteiger partial charge in [0.05, 0.1) is 5.56 Å². The molecule has 0 saturated heterocycles. The van der Waals surface area contributed by atoms with Gasteiger partial charge in [-0.2, -0.15) is 11.8 Å². The molecule has 0 aliphatic rings. The van der Waals surface area contributed by atoms with Crippen molar-refractivity contribution >= 4 is 29.8 Å². The number of hydrogen-bond acceptors (Lipinski definition) is 6. The molecule has 1 rings (SSSR count). The highest BCUT2D eigenvalue weighted by Gasteiger charge is 2.25. The van der Waals surface area contributed by atoms with E-state index in [1.807, 2.05) is 0 Å². The van der Waals surface area contributed by atoms with Crippen LogP contribution in [0.15, 0.2) is 36.9 Å². The molecular formula is C19H25NO6S. The minimum atomic E-state index is -0.985. The minimum Gasteiger partial charge on any atom is -0.478 e. The molecule has 1 aromatic carbocycles. The van der Waals surface area contributed by atoms with Gasteiger partial charge in [0.15, 0.2) is 0 Å². The second-order valence-corrected chi connectivity index (χ2v) is 7.66. The number of aromatic carboxylic acids is 1. The van der Waals surface area contributed by atoms with E-state index < -0.39 is 29.7 Å². The highest BCUT2D eigenvalue weighted by molar-refractivity contribution is 7.98. The Morgan fingerprint density at radius 3 is 2.41 bits per heavy atom. The van der Waals surface area contributed by atoms with Gasteiger partial charge in [-0.05, 0) is 38.5 Å². The van der Waals surface area contributed by atoms with E-state index in [-0.39, 0.29) is 17.9 Å². The molecule has 8 heteroatoms. The largest absolute Gasteiger partial charge is 0.478 e. The lowest BCUT2D eigenvalue weighted by atomic mass is 10.1. The highest BCUT2D eigenvalue weighted by Crippen LogP contribution is 2.15. The molecule has 0 aromatic heterocycles.